The van der Waals surface area contributed by atoms with E-state index in [0.717, 1.165) is 36.8 Å². The molecule has 1 aromatic heterocycles. The molecule has 8 nitrogen and oxygen atoms in total. The lowest BCUT2D eigenvalue weighted by atomic mass is 9.90. The lowest BCUT2D eigenvalue weighted by molar-refractivity contribution is -0.124. The SMILES string of the molecule is COC(=O)c1ccc(C(NC(=O)OCc2ccccc2)/C(=C/[C@@H](C)C(=O)NC2CCCCC2)c2cccnc2)cc1. The van der Waals surface area contributed by atoms with Crippen molar-refractivity contribution in [3.05, 3.63) is 107 Å². The van der Waals surface area contributed by atoms with E-state index in [-0.39, 0.29) is 18.6 Å². The maximum Gasteiger partial charge on any atom is 0.408 e. The second-order valence-electron chi connectivity index (χ2n) is 10.2. The van der Waals surface area contributed by atoms with Crippen LogP contribution in [-0.2, 0) is 20.9 Å². The van der Waals surface area contributed by atoms with Gasteiger partial charge in [-0.05, 0) is 53.3 Å². The summed E-state index contributed by atoms with van der Waals surface area (Å²) in [6.07, 6.45) is 10.0. The van der Waals surface area contributed by atoms with Crippen LogP contribution in [0.1, 0.15) is 72.1 Å². The molecular formula is C33H37N3O5. The van der Waals surface area contributed by atoms with Gasteiger partial charge in [-0.25, -0.2) is 9.59 Å². The number of aromatic nitrogens is 1. The Bertz CT molecular complexity index is 1320. The molecule has 0 radical (unpaired) electrons. The Balaban J connectivity index is 1.65. The van der Waals surface area contributed by atoms with Crippen molar-refractivity contribution < 1.29 is 23.9 Å². The number of nitrogens with zero attached hydrogens (tertiary/aromatic N) is 1. The van der Waals surface area contributed by atoms with E-state index in [0.29, 0.717) is 16.7 Å². The van der Waals surface area contributed by atoms with Gasteiger partial charge in [-0.3, -0.25) is 9.78 Å². The Morgan fingerprint density at radius 3 is 2.34 bits per heavy atom. The van der Waals surface area contributed by atoms with Gasteiger partial charge in [0, 0.05) is 18.4 Å². The summed E-state index contributed by atoms with van der Waals surface area (Å²) in [5.41, 5.74) is 3.37. The Morgan fingerprint density at radius 2 is 1.68 bits per heavy atom. The minimum absolute atomic E-state index is 0.0651. The number of hydrogen-bond donors (Lipinski definition) is 2. The fraction of sp³-hybridized carbons (Fsp3) is 0.333. The van der Waals surface area contributed by atoms with E-state index in [9.17, 15) is 14.4 Å². The van der Waals surface area contributed by atoms with E-state index < -0.39 is 24.0 Å². The molecule has 1 saturated carbocycles. The summed E-state index contributed by atoms with van der Waals surface area (Å²) >= 11 is 0. The largest absolute Gasteiger partial charge is 0.465 e. The normalized spacial score (nSPS) is 15.3. The first-order valence-corrected chi connectivity index (χ1v) is 14.0. The maximum atomic E-state index is 13.2. The first-order chi connectivity index (χ1) is 19.9. The molecule has 0 spiro atoms. The quantitative estimate of drug-likeness (QED) is 0.297. The summed E-state index contributed by atoms with van der Waals surface area (Å²) in [5.74, 6) is -1.00. The molecule has 2 atom stereocenters. The second kappa shape index (κ2) is 14.8. The Labute approximate surface area is 241 Å². The highest BCUT2D eigenvalue weighted by molar-refractivity contribution is 5.89. The van der Waals surface area contributed by atoms with E-state index >= 15 is 0 Å². The monoisotopic (exact) mass is 555 g/mol. The van der Waals surface area contributed by atoms with Gasteiger partial charge < -0.3 is 20.1 Å². The summed E-state index contributed by atoms with van der Waals surface area (Å²) in [6, 6.07) is 19.4. The summed E-state index contributed by atoms with van der Waals surface area (Å²) < 4.78 is 10.4. The van der Waals surface area contributed by atoms with Crippen molar-refractivity contribution in [2.24, 2.45) is 5.92 Å². The molecule has 214 valence electrons. The number of esters is 1. The van der Waals surface area contributed by atoms with Gasteiger partial charge in [0.25, 0.3) is 0 Å². The molecule has 4 rings (SSSR count). The summed E-state index contributed by atoms with van der Waals surface area (Å²) in [7, 11) is 1.33. The molecule has 0 bridgehead atoms. The zero-order valence-electron chi connectivity index (χ0n) is 23.5. The van der Waals surface area contributed by atoms with Crippen molar-refractivity contribution in [3.63, 3.8) is 0 Å². The number of carbonyl (C=O) groups is 3. The van der Waals surface area contributed by atoms with Gasteiger partial charge in [0.15, 0.2) is 0 Å². The van der Waals surface area contributed by atoms with E-state index in [1.54, 1.807) is 42.7 Å². The molecule has 2 N–H and O–H groups in total. The highest BCUT2D eigenvalue weighted by Gasteiger charge is 2.25. The molecule has 41 heavy (non-hydrogen) atoms. The molecule has 3 aromatic rings. The third kappa shape index (κ3) is 8.51. The highest BCUT2D eigenvalue weighted by Crippen LogP contribution is 2.32. The molecular weight excluding hydrogens is 518 g/mol. The number of ether oxygens (including phenoxy) is 2. The lowest BCUT2D eigenvalue weighted by Gasteiger charge is -2.26. The summed E-state index contributed by atoms with van der Waals surface area (Å²) in [4.78, 5) is 42.7. The number of pyridine rings is 1. The van der Waals surface area contributed by atoms with Gasteiger partial charge in [-0.2, -0.15) is 0 Å². The molecule has 1 aliphatic rings. The van der Waals surface area contributed by atoms with Crippen molar-refractivity contribution >= 4 is 23.5 Å². The predicted octanol–water partition coefficient (Wildman–Crippen LogP) is 6.00. The fourth-order valence-corrected chi connectivity index (χ4v) is 4.97. The Kier molecular flexibility index (Phi) is 10.7. The number of rotatable bonds is 10. The highest BCUT2D eigenvalue weighted by atomic mass is 16.5. The van der Waals surface area contributed by atoms with E-state index in [1.807, 2.05) is 49.4 Å². The van der Waals surface area contributed by atoms with Crippen LogP contribution < -0.4 is 10.6 Å². The van der Waals surface area contributed by atoms with Crippen LogP contribution in [0.3, 0.4) is 0 Å². The van der Waals surface area contributed by atoms with Gasteiger partial charge in [0.2, 0.25) is 5.91 Å². The van der Waals surface area contributed by atoms with E-state index in [1.165, 1.54) is 13.5 Å². The Morgan fingerprint density at radius 1 is 0.951 bits per heavy atom. The van der Waals surface area contributed by atoms with Crippen molar-refractivity contribution in [1.29, 1.82) is 0 Å². The zero-order valence-corrected chi connectivity index (χ0v) is 23.5. The van der Waals surface area contributed by atoms with Crippen LogP contribution in [0.5, 0.6) is 0 Å². The van der Waals surface area contributed by atoms with Gasteiger partial charge in [-0.15, -0.1) is 0 Å². The van der Waals surface area contributed by atoms with Gasteiger partial charge in [0.05, 0.1) is 24.6 Å². The molecule has 1 unspecified atom stereocenters. The number of alkyl carbamates (subject to hydrolysis) is 1. The average molecular weight is 556 g/mol. The van der Waals surface area contributed by atoms with Crippen LogP contribution in [0.15, 0.2) is 85.2 Å². The first-order valence-electron chi connectivity index (χ1n) is 14.0. The van der Waals surface area contributed by atoms with Crippen LogP contribution >= 0.6 is 0 Å². The van der Waals surface area contributed by atoms with E-state index in [2.05, 4.69) is 15.6 Å². The number of methoxy groups -OCH3 is 1. The average Bonchev–Trinajstić information content (AvgIpc) is 3.02. The smallest absolute Gasteiger partial charge is 0.408 e. The topological polar surface area (TPSA) is 107 Å². The number of carbonyl (C=O) groups excluding carboxylic acids is 3. The third-order valence-corrected chi connectivity index (χ3v) is 7.24. The minimum atomic E-state index is -0.695. The molecule has 1 heterocycles. The first kappa shape index (κ1) is 29.5. The van der Waals surface area contributed by atoms with Crippen molar-refractivity contribution in [2.75, 3.05) is 7.11 Å². The number of nitrogens with one attached hydrogen (secondary N) is 2. The molecule has 1 aliphatic carbocycles. The molecule has 2 aromatic carbocycles. The van der Waals surface area contributed by atoms with Crippen LogP contribution in [0.2, 0.25) is 0 Å². The number of amides is 2. The van der Waals surface area contributed by atoms with Crippen LogP contribution in [0, 0.1) is 5.92 Å². The van der Waals surface area contributed by atoms with Crippen molar-refractivity contribution in [2.45, 2.75) is 57.7 Å². The lowest BCUT2D eigenvalue weighted by Crippen LogP contribution is -2.39. The third-order valence-electron chi connectivity index (χ3n) is 7.24. The summed E-state index contributed by atoms with van der Waals surface area (Å²) in [5, 5.41) is 6.18. The fourth-order valence-electron chi connectivity index (χ4n) is 4.97. The number of hydrogen-bond acceptors (Lipinski definition) is 6. The van der Waals surface area contributed by atoms with Crippen molar-refractivity contribution in [1.82, 2.24) is 15.6 Å². The van der Waals surface area contributed by atoms with Crippen LogP contribution in [0.25, 0.3) is 5.57 Å². The standard InChI is InChI=1S/C33H37N3O5/c1-23(31(37)35-28-13-7-4-8-14-28)20-29(27-12-9-19-34-21-27)30(25-15-17-26(18-16-25)32(38)40-2)36-33(39)41-22-24-10-5-3-6-11-24/h3,5-6,9-12,15-21,23,28,30H,4,7-8,13-14,22H2,1-2H3,(H,35,37)(H,36,39)/b29-20+/t23-,30?/m1/s1. The van der Waals surface area contributed by atoms with Gasteiger partial charge in [-0.1, -0.05) is 80.8 Å². The minimum Gasteiger partial charge on any atom is -0.465 e. The van der Waals surface area contributed by atoms with Crippen LogP contribution in [0.4, 0.5) is 4.79 Å². The molecule has 8 heteroatoms. The van der Waals surface area contributed by atoms with Gasteiger partial charge in [0.1, 0.15) is 6.61 Å². The van der Waals surface area contributed by atoms with E-state index in [4.69, 9.17) is 9.47 Å². The van der Waals surface area contributed by atoms with Crippen molar-refractivity contribution in [3.8, 4) is 0 Å². The molecule has 0 saturated heterocycles. The number of benzene rings is 2. The molecule has 1 fully saturated rings. The second-order valence-corrected chi connectivity index (χ2v) is 10.2. The molecule has 2 amide bonds. The predicted molar refractivity (Wildman–Crippen MR) is 157 cm³/mol. The maximum absolute atomic E-state index is 13.2. The molecule has 0 aliphatic heterocycles. The van der Waals surface area contributed by atoms with Crippen LogP contribution in [-0.4, -0.2) is 36.1 Å². The Hall–Kier alpha value is -4.46. The zero-order chi connectivity index (χ0) is 29.0. The summed E-state index contributed by atoms with van der Waals surface area (Å²) in [6.45, 7) is 1.95. The van der Waals surface area contributed by atoms with Gasteiger partial charge >= 0.3 is 12.1 Å².